The van der Waals surface area contributed by atoms with Gasteiger partial charge in [0.05, 0.1) is 24.9 Å². The largest absolute Gasteiger partial charge is 0.394 e. The van der Waals surface area contributed by atoms with Gasteiger partial charge in [-0.15, -0.1) is 0 Å². The molecule has 0 rings (SSSR count). The minimum atomic E-state index is -1.65. The fourth-order valence-corrected chi connectivity index (χ4v) is 2.84. The lowest BCUT2D eigenvalue weighted by atomic mass is 9.94. The third-order valence-electron chi connectivity index (χ3n) is 5.86. The molecule has 0 saturated carbocycles. The maximum Gasteiger partial charge on any atom is 0.166 e. The molecule has 0 aliphatic rings. The van der Waals surface area contributed by atoms with E-state index in [2.05, 4.69) is 0 Å². The Bertz CT molecular complexity index is 634. The number of rotatable bonds is 15. The van der Waals surface area contributed by atoms with Gasteiger partial charge in [-0.25, -0.2) is 0 Å². The molecule has 0 aromatic heterocycles. The number of carbonyl (C=O) groups excluding carboxylic acids is 3. The summed E-state index contributed by atoms with van der Waals surface area (Å²) in [6.45, 7) is 19.9. The topological polar surface area (TPSA) is 193 Å². The number of carbonyl (C=O) groups is 3. The third kappa shape index (κ3) is 26.9. The Morgan fingerprint density at radius 2 is 1.10 bits per heavy atom. The Hall–Kier alpha value is -1.27. The van der Waals surface area contributed by atoms with E-state index in [1.165, 1.54) is 6.92 Å². The van der Waals surface area contributed by atoms with Gasteiger partial charge >= 0.3 is 0 Å². The molecule has 10 heteroatoms. The van der Waals surface area contributed by atoms with Gasteiger partial charge in [0.1, 0.15) is 29.9 Å². The second-order valence-corrected chi connectivity index (χ2v) is 11.5. The van der Waals surface area contributed by atoms with Gasteiger partial charge in [-0.2, -0.15) is 0 Å². The molecule has 0 heterocycles. The standard InChI is InChI=1S/C10H20O5.C8H14O2.C6H14O2.C6H14O/c1-4-6(11)8(13)10(15)9(14)7(12)5(2)3;1-6(2)8(10)5-4-7(3)9;1-5(2)3-6(8)4-7;1-4-6(7)5(2)3/h5-6,8-11,13-15H,4H2,1-3H3;6H,4-5H2,1-3H3;5-8H,3-4H2,1-2H3;5-7H,4H2,1-3H3. The Morgan fingerprint density at radius 1 is 0.650 bits per heavy atom. The lowest BCUT2D eigenvalue weighted by Crippen LogP contribution is -2.48. The number of aliphatic hydroxyl groups is 7. The summed E-state index contributed by atoms with van der Waals surface area (Å²) >= 11 is 0. The van der Waals surface area contributed by atoms with E-state index in [-0.39, 0.29) is 36.6 Å². The third-order valence-corrected chi connectivity index (χ3v) is 5.86. The first-order valence-electron chi connectivity index (χ1n) is 14.5. The molecule has 0 radical (unpaired) electrons. The summed E-state index contributed by atoms with van der Waals surface area (Å²) in [5.74, 6) is 0.246. The van der Waals surface area contributed by atoms with Crippen molar-refractivity contribution in [1.29, 1.82) is 0 Å². The maximum atomic E-state index is 11.3. The summed E-state index contributed by atoms with van der Waals surface area (Å²) in [6, 6.07) is 0. The van der Waals surface area contributed by atoms with Crippen LogP contribution in [0, 0.1) is 23.7 Å². The van der Waals surface area contributed by atoms with Gasteiger partial charge in [0.15, 0.2) is 5.78 Å². The van der Waals surface area contributed by atoms with E-state index in [0.717, 1.165) is 6.42 Å². The van der Waals surface area contributed by atoms with E-state index in [0.29, 0.717) is 31.1 Å². The van der Waals surface area contributed by atoms with Crippen molar-refractivity contribution in [2.45, 2.75) is 145 Å². The summed E-state index contributed by atoms with van der Waals surface area (Å²) < 4.78 is 0. The smallest absolute Gasteiger partial charge is 0.166 e. The van der Waals surface area contributed by atoms with Crippen molar-refractivity contribution in [3.8, 4) is 0 Å². The second-order valence-electron chi connectivity index (χ2n) is 11.5. The van der Waals surface area contributed by atoms with Crippen LogP contribution in [-0.4, -0.2) is 96.3 Å². The van der Waals surface area contributed by atoms with Gasteiger partial charge in [-0.1, -0.05) is 69.2 Å². The van der Waals surface area contributed by atoms with Gasteiger partial charge in [0.2, 0.25) is 0 Å². The molecule has 242 valence electrons. The van der Waals surface area contributed by atoms with E-state index >= 15 is 0 Å². The molecule has 0 aliphatic heterocycles. The van der Waals surface area contributed by atoms with Crippen LogP contribution in [-0.2, 0) is 14.4 Å². The molecule has 10 nitrogen and oxygen atoms in total. The highest BCUT2D eigenvalue weighted by atomic mass is 16.4. The maximum absolute atomic E-state index is 11.3. The molecule has 40 heavy (non-hydrogen) atoms. The Morgan fingerprint density at radius 3 is 1.32 bits per heavy atom. The fraction of sp³-hybridized carbons (Fsp3) is 0.900. The highest BCUT2D eigenvalue weighted by Gasteiger charge is 2.34. The summed E-state index contributed by atoms with van der Waals surface area (Å²) in [5, 5.41) is 63.5. The molecule has 0 amide bonds. The first-order chi connectivity index (χ1) is 18.2. The zero-order valence-electron chi connectivity index (χ0n) is 26.9. The number of ketones is 3. The Balaban J connectivity index is -0.000000227. The van der Waals surface area contributed by atoms with E-state index in [1.54, 1.807) is 20.8 Å². The Kier molecular flexibility index (Phi) is 30.4. The molecule has 0 fully saturated rings. The van der Waals surface area contributed by atoms with Crippen LogP contribution in [0.1, 0.15) is 108 Å². The molecule has 0 aliphatic carbocycles. The molecule has 6 atom stereocenters. The van der Waals surface area contributed by atoms with Crippen LogP contribution in [0.15, 0.2) is 0 Å². The molecular weight excluding hydrogens is 520 g/mol. The fourth-order valence-electron chi connectivity index (χ4n) is 2.84. The molecule has 7 N–H and O–H groups in total. The molecule has 0 bridgehead atoms. The summed E-state index contributed by atoms with van der Waals surface area (Å²) in [5.41, 5.74) is 0. The first kappa shape index (κ1) is 45.7. The lowest BCUT2D eigenvalue weighted by molar-refractivity contribution is -0.147. The van der Waals surface area contributed by atoms with Crippen LogP contribution in [0.25, 0.3) is 0 Å². The molecule has 6 unspecified atom stereocenters. The summed E-state index contributed by atoms with van der Waals surface area (Å²) in [6.07, 6.45) is -3.95. The highest BCUT2D eigenvalue weighted by Crippen LogP contribution is 2.11. The van der Waals surface area contributed by atoms with E-state index < -0.39 is 42.2 Å². The van der Waals surface area contributed by atoms with Gasteiger partial charge < -0.3 is 40.5 Å². The van der Waals surface area contributed by atoms with Crippen LogP contribution in [0.5, 0.6) is 0 Å². The number of Topliss-reactive ketones (excluding diaryl/α,β-unsaturated/α-hetero) is 3. The van der Waals surface area contributed by atoms with Crippen molar-refractivity contribution in [2.24, 2.45) is 23.7 Å². The quantitative estimate of drug-likeness (QED) is 0.151. The average Bonchev–Trinajstić information content (AvgIpc) is 2.89. The van der Waals surface area contributed by atoms with Gasteiger partial charge in [0, 0.05) is 24.7 Å². The van der Waals surface area contributed by atoms with Crippen LogP contribution in [0.3, 0.4) is 0 Å². The summed E-state index contributed by atoms with van der Waals surface area (Å²) in [4.78, 5) is 32.6. The molecule has 0 saturated heterocycles. The predicted molar refractivity (Wildman–Crippen MR) is 158 cm³/mol. The molecule has 0 spiro atoms. The van der Waals surface area contributed by atoms with Gasteiger partial charge in [0.25, 0.3) is 0 Å². The van der Waals surface area contributed by atoms with E-state index in [4.69, 9.17) is 15.3 Å². The predicted octanol–water partition coefficient (Wildman–Crippen LogP) is 2.44. The van der Waals surface area contributed by atoms with E-state index in [9.17, 15) is 34.8 Å². The second kappa shape index (κ2) is 26.6. The summed E-state index contributed by atoms with van der Waals surface area (Å²) in [7, 11) is 0. The highest BCUT2D eigenvalue weighted by molar-refractivity contribution is 5.86. The normalized spacial score (nSPS) is 15.4. The molecule has 0 aromatic carbocycles. The minimum Gasteiger partial charge on any atom is -0.394 e. The van der Waals surface area contributed by atoms with Crippen molar-refractivity contribution in [1.82, 2.24) is 0 Å². The van der Waals surface area contributed by atoms with Crippen LogP contribution < -0.4 is 0 Å². The van der Waals surface area contributed by atoms with Crippen LogP contribution in [0.2, 0.25) is 0 Å². The van der Waals surface area contributed by atoms with Crippen molar-refractivity contribution < 1.29 is 50.1 Å². The van der Waals surface area contributed by atoms with Crippen LogP contribution >= 0.6 is 0 Å². The zero-order chi connectivity index (χ0) is 32.7. The van der Waals surface area contributed by atoms with Crippen molar-refractivity contribution in [2.75, 3.05) is 6.61 Å². The zero-order valence-corrected chi connectivity index (χ0v) is 26.9. The number of hydrogen-bond donors (Lipinski definition) is 7. The average molecular weight is 583 g/mol. The number of hydrogen-bond acceptors (Lipinski definition) is 10. The lowest BCUT2D eigenvalue weighted by Gasteiger charge is -2.25. The van der Waals surface area contributed by atoms with Crippen molar-refractivity contribution in [3.05, 3.63) is 0 Å². The van der Waals surface area contributed by atoms with Gasteiger partial charge in [-0.3, -0.25) is 9.59 Å². The van der Waals surface area contributed by atoms with Crippen molar-refractivity contribution >= 4 is 17.3 Å². The van der Waals surface area contributed by atoms with E-state index in [1.807, 2.05) is 48.5 Å². The first-order valence-corrected chi connectivity index (χ1v) is 14.5. The molecular formula is C30H62O10. The van der Waals surface area contributed by atoms with Crippen LogP contribution in [0.4, 0.5) is 0 Å². The minimum absolute atomic E-state index is 0.0688. The number of aliphatic hydroxyl groups excluding tert-OH is 7. The van der Waals surface area contributed by atoms with Gasteiger partial charge in [-0.05, 0) is 38.0 Å². The monoisotopic (exact) mass is 582 g/mol. The van der Waals surface area contributed by atoms with Crippen molar-refractivity contribution in [3.63, 3.8) is 0 Å². The Labute approximate surface area is 242 Å². The molecule has 0 aromatic rings. The SMILES string of the molecule is CC(=O)CCC(=O)C(C)C.CC(C)CC(O)CO.CCC(O)C(C)C.CCC(O)C(O)C(O)C(O)C(=O)C(C)C.